The molecule has 0 fully saturated rings. The van der Waals surface area contributed by atoms with Gasteiger partial charge in [-0.25, -0.2) is 0 Å². The molecule has 0 saturated carbocycles. The summed E-state index contributed by atoms with van der Waals surface area (Å²) >= 11 is 0. The van der Waals surface area contributed by atoms with Crippen LogP contribution in [0.2, 0.25) is 0 Å². The van der Waals surface area contributed by atoms with Gasteiger partial charge in [-0.15, -0.1) is 0 Å². The van der Waals surface area contributed by atoms with Crippen molar-refractivity contribution in [3.63, 3.8) is 0 Å². The Kier molecular flexibility index (Phi) is 3.98. The average molecular weight is 252 g/mol. The van der Waals surface area contributed by atoms with Gasteiger partial charge < -0.3 is 14.5 Å². The summed E-state index contributed by atoms with van der Waals surface area (Å²) in [5.41, 5.74) is 1.06. The molecule has 18 heavy (non-hydrogen) atoms. The number of likely N-dealkylation sites (N-methyl/N-ethyl adjacent to an activating group) is 1. The Morgan fingerprint density at radius 2 is 2.33 bits per heavy atom. The quantitative estimate of drug-likeness (QED) is 0.747. The summed E-state index contributed by atoms with van der Waals surface area (Å²) in [6.45, 7) is 2.34. The number of methoxy groups -OCH3 is 1. The van der Waals surface area contributed by atoms with Crippen molar-refractivity contribution >= 4 is 5.91 Å². The highest BCUT2D eigenvalue weighted by Crippen LogP contribution is 2.13. The van der Waals surface area contributed by atoms with Crippen LogP contribution < -0.4 is 0 Å². The molecule has 1 aromatic rings. The highest BCUT2D eigenvalue weighted by molar-refractivity contribution is 5.78. The van der Waals surface area contributed by atoms with E-state index in [1.165, 1.54) is 0 Å². The Hall–Kier alpha value is -1.40. The number of hydrogen-bond donors (Lipinski definition) is 0. The summed E-state index contributed by atoms with van der Waals surface area (Å²) in [6.07, 6.45) is 1.76. The number of aromatic nitrogens is 2. The second-order valence-electron chi connectivity index (χ2n) is 4.87. The van der Waals surface area contributed by atoms with E-state index >= 15 is 0 Å². The number of carbonyl (C=O) groups excluding carboxylic acids is 1. The van der Waals surface area contributed by atoms with Crippen LogP contribution >= 0.6 is 0 Å². The number of hydrogen-bond acceptors (Lipinski definition) is 4. The van der Waals surface area contributed by atoms with Crippen LogP contribution in [0.4, 0.5) is 0 Å². The first-order valence-corrected chi connectivity index (χ1v) is 6.06. The van der Waals surface area contributed by atoms with Crippen LogP contribution in [0.3, 0.4) is 0 Å². The number of rotatable bonds is 3. The van der Waals surface area contributed by atoms with Crippen LogP contribution in [-0.4, -0.2) is 65.9 Å². The molecule has 1 aliphatic heterocycles. The van der Waals surface area contributed by atoms with Gasteiger partial charge in [0.05, 0.1) is 31.4 Å². The molecular formula is C12H20N4O2. The lowest BCUT2D eigenvalue weighted by atomic mass is 10.3. The molecular weight excluding hydrogens is 232 g/mol. The van der Waals surface area contributed by atoms with Gasteiger partial charge in [0.15, 0.2) is 0 Å². The monoisotopic (exact) mass is 252 g/mol. The van der Waals surface area contributed by atoms with Gasteiger partial charge >= 0.3 is 0 Å². The van der Waals surface area contributed by atoms with Gasteiger partial charge in [-0.2, -0.15) is 5.10 Å². The normalized spacial score (nSPS) is 19.8. The van der Waals surface area contributed by atoms with Crippen molar-refractivity contribution in [2.45, 2.75) is 19.2 Å². The minimum absolute atomic E-state index is 0.00253. The summed E-state index contributed by atoms with van der Waals surface area (Å²) in [5, 5.41) is 4.26. The standard InChI is InChI=1S/C12H20N4O2/c1-14(2)9-12(17)15-6-10-4-5-13-16(10)8-11(7-15)18-3/h4-5,11H,6-9H2,1-3H3/t11-/m1/s1. The lowest BCUT2D eigenvalue weighted by Gasteiger charge is -2.24. The molecule has 2 rings (SSSR count). The number of fused-ring (bicyclic) bond motifs is 1. The maximum Gasteiger partial charge on any atom is 0.237 e. The molecule has 0 saturated heterocycles. The number of nitrogens with zero attached hydrogens (tertiary/aromatic N) is 4. The molecule has 6 nitrogen and oxygen atoms in total. The zero-order valence-electron chi connectivity index (χ0n) is 11.2. The van der Waals surface area contributed by atoms with Crippen LogP contribution in [0.15, 0.2) is 12.3 Å². The molecule has 100 valence electrons. The fourth-order valence-electron chi connectivity index (χ4n) is 2.12. The molecule has 6 heteroatoms. The fourth-order valence-corrected chi connectivity index (χ4v) is 2.12. The molecule has 1 aromatic heterocycles. The fraction of sp³-hybridized carbons (Fsp3) is 0.667. The molecule has 0 bridgehead atoms. The number of amides is 1. The van der Waals surface area contributed by atoms with Crippen LogP contribution in [-0.2, 0) is 22.6 Å². The predicted octanol–water partition coefficient (Wildman–Crippen LogP) is -0.198. The molecule has 0 aromatic carbocycles. The van der Waals surface area contributed by atoms with Crippen molar-refractivity contribution in [3.05, 3.63) is 18.0 Å². The molecule has 2 heterocycles. The Labute approximate surface area is 107 Å². The maximum atomic E-state index is 12.2. The topological polar surface area (TPSA) is 50.6 Å². The second kappa shape index (κ2) is 5.49. The lowest BCUT2D eigenvalue weighted by Crippen LogP contribution is -2.41. The van der Waals surface area contributed by atoms with Crippen molar-refractivity contribution in [1.82, 2.24) is 19.6 Å². The zero-order valence-corrected chi connectivity index (χ0v) is 11.2. The average Bonchev–Trinajstić information content (AvgIpc) is 2.65. The summed E-state index contributed by atoms with van der Waals surface area (Å²) in [6, 6.07) is 1.95. The van der Waals surface area contributed by atoms with Crippen molar-refractivity contribution < 1.29 is 9.53 Å². The van der Waals surface area contributed by atoms with Gasteiger partial charge in [-0.05, 0) is 20.2 Å². The summed E-state index contributed by atoms with van der Waals surface area (Å²) < 4.78 is 7.33. The maximum absolute atomic E-state index is 12.2. The third kappa shape index (κ3) is 2.88. The third-order valence-corrected chi connectivity index (χ3v) is 3.10. The van der Waals surface area contributed by atoms with Gasteiger partial charge in [-0.1, -0.05) is 0 Å². The smallest absolute Gasteiger partial charge is 0.237 e. The summed E-state index contributed by atoms with van der Waals surface area (Å²) in [5.74, 6) is 0.122. The minimum atomic E-state index is -0.00253. The molecule has 1 atom stereocenters. The van der Waals surface area contributed by atoms with Crippen molar-refractivity contribution in [2.75, 3.05) is 34.3 Å². The van der Waals surface area contributed by atoms with Gasteiger partial charge in [0.25, 0.3) is 0 Å². The first kappa shape index (κ1) is 13.0. The Balaban J connectivity index is 2.14. The van der Waals surface area contributed by atoms with E-state index in [-0.39, 0.29) is 12.0 Å². The third-order valence-electron chi connectivity index (χ3n) is 3.10. The number of ether oxygens (including phenoxy) is 1. The largest absolute Gasteiger partial charge is 0.378 e. The minimum Gasteiger partial charge on any atom is -0.378 e. The Morgan fingerprint density at radius 1 is 1.56 bits per heavy atom. The molecule has 0 N–H and O–H groups in total. The van der Waals surface area contributed by atoms with E-state index in [1.54, 1.807) is 13.3 Å². The van der Waals surface area contributed by atoms with Crippen LogP contribution in [0.5, 0.6) is 0 Å². The molecule has 0 spiro atoms. The van der Waals surface area contributed by atoms with E-state index in [9.17, 15) is 4.79 Å². The lowest BCUT2D eigenvalue weighted by molar-refractivity contribution is -0.134. The summed E-state index contributed by atoms with van der Waals surface area (Å²) in [4.78, 5) is 15.9. The Bertz CT molecular complexity index is 416. The molecule has 0 aliphatic carbocycles. The van der Waals surface area contributed by atoms with Crippen molar-refractivity contribution in [1.29, 1.82) is 0 Å². The van der Waals surface area contributed by atoms with Crippen molar-refractivity contribution in [2.24, 2.45) is 0 Å². The van der Waals surface area contributed by atoms with Gasteiger partial charge in [0.1, 0.15) is 0 Å². The van der Waals surface area contributed by atoms with E-state index in [0.29, 0.717) is 26.2 Å². The van der Waals surface area contributed by atoms with Gasteiger partial charge in [0, 0.05) is 19.9 Å². The first-order chi connectivity index (χ1) is 8.60. The van der Waals surface area contributed by atoms with E-state index in [2.05, 4.69) is 5.10 Å². The second-order valence-corrected chi connectivity index (χ2v) is 4.87. The van der Waals surface area contributed by atoms with Gasteiger partial charge in [-0.3, -0.25) is 9.48 Å². The van der Waals surface area contributed by atoms with Crippen LogP contribution in [0.25, 0.3) is 0 Å². The van der Waals surface area contributed by atoms with Crippen LogP contribution in [0.1, 0.15) is 5.69 Å². The Morgan fingerprint density at radius 3 is 3.00 bits per heavy atom. The van der Waals surface area contributed by atoms with E-state index < -0.39 is 0 Å². The van der Waals surface area contributed by atoms with E-state index in [0.717, 1.165) is 5.69 Å². The van der Waals surface area contributed by atoms with Crippen molar-refractivity contribution in [3.8, 4) is 0 Å². The highest BCUT2D eigenvalue weighted by Gasteiger charge is 2.25. The first-order valence-electron chi connectivity index (χ1n) is 6.06. The molecule has 0 unspecified atom stereocenters. The van der Waals surface area contributed by atoms with E-state index in [1.807, 2.05) is 34.6 Å². The summed E-state index contributed by atoms with van der Waals surface area (Å²) in [7, 11) is 5.47. The molecule has 1 aliphatic rings. The van der Waals surface area contributed by atoms with Crippen LogP contribution in [0, 0.1) is 0 Å². The van der Waals surface area contributed by atoms with Gasteiger partial charge in [0.2, 0.25) is 5.91 Å². The number of carbonyl (C=O) groups is 1. The molecule has 1 amide bonds. The SMILES string of the molecule is CO[C@@H]1CN(C(=O)CN(C)C)Cc2ccnn2C1. The molecule has 0 radical (unpaired) electrons. The predicted molar refractivity (Wildman–Crippen MR) is 67.0 cm³/mol. The van der Waals surface area contributed by atoms with E-state index in [4.69, 9.17) is 4.74 Å². The highest BCUT2D eigenvalue weighted by atomic mass is 16.5. The zero-order chi connectivity index (χ0) is 13.1.